The van der Waals surface area contributed by atoms with E-state index in [1.165, 1.54) is 24.3 Å². The van der Waals surface area contributed by atoms with Gasteiger partial charge in [-0.2, -0.15) is 0 Å². The second-order valence-electron chi connectivity index (χ2n) is 7.14. The number of sulfonamides is 2. The lowest BCUT2D eigenvalue weighted by atomic mass is 10.3. The molecule has 2 aromatic carbocycles. The Balaban J connectivity index is 1.48. The fraction of sp³-hybridized carbons (Fsp3) is 0.333. The van der Waals surface area contributed by atoms with Gasteiger partial charge < -0.3 is 18.9 Å². The van der Waals surface area contributed by atoms with Crippen molar-refractivity contribution in [3.8, 4) is 0 Å². The Labute approximate surface area is 172 Å². The highest BCUT2D eigenvalue weighted by molar-refractivity contribution is 7.89. The van der Waals surface area contributed by atoms with Gasteiger partial charge >= 0.3 is 0 Å². The molecular formula is C18H16N2O8S2. The van der Waals surface area contributed by atoms with Gasteiger partial charge in [-0.3, -0.25) is 0 Å². The molecule has 0 amide bonds. The van der Waals surface area contributed by atoms with E-state index in [4.69, 9.17) is 18.9 Å². The van der Waals surface area contributed by atoms with E-state index >= 15 is 0 Å². The number of rotatable bonds is 4. The molecule has 6 bridgehead atoms. The minimum Gasteiger partial charge on any atom is -0.324 e. The van der Waals surface area contributed by atoms with Gasteiger partial charge in [0, 0.05) is 0 Å². The maximum Gasteiger partial charge on any atom is 0.247 e. The van der Waals surface area contributed by atoms with E-state index in [9.17, 15) is 16.8 Å². The zero-order chi connectivity index (χ0) is 20.7. The molecule has 4 atom stereocenters. The average Bonchev–Trinajstić information content (AvgIpc) is 3.29. The van der Waals surface area contributed by atoms with Gasteiger partial charge in [-0.25, -0.2) is 16.8 Å². The third-order valence-electron chi connectivity index (χ3n) is 5.44. The molecule has 5 aliphatic heterocycles. The molecular weight excluding hydrogens is 436 g/mol. The maximum atomic E-state index is 13.4. The molecule has 30 heavy (non-hydrogen) atoms. The second kappa shape index (κ2) is 6.31. The maximum absolute atomic E-state index is 13.4. The monoisotopic (exact) mass is 452 g/mol. The Morgan fingerprint density at radius 2 is 0.833 bits per heavy atom. The zero-order valence-corrected chi connectivity index (χ0v) is 16.8. The van der Waals surface area contributed by atoms with Crippen LogP contribution in [0.3, 0.4) is 0 Å². The van der Waals surface area contributed by atoms with Gasteiger partial charge in [-0.05, 0) is 24.3 Å². The summed E-state index contributed by atoms with van der Waals surface area (Å²) in [6, 6.07) is 15.6. The predicted molar refractivity (Wildman–Crippen MR) is 98.0 cm³/mol. The lowest BCUT2D eigenvalue weighted by Crippen LogP contribution is -2.68. The summed E-state index contributed by atoms with van der Waals surface area (Å²) in [4.78, 5) is 0.0609. The molecule has 158 valence electrons. The topological polar surface area (TPSA) is 112 Å². The van der Waals surface area contributed by atoms with Gasteiger partial charge in [0.2, 0.25) is 32.6 Å². The number of hydrogen-bond acceptors (Lipinski definition) is 8. The molecule has 5 fully saturated rings. The summed E-state index contributed by atoms with van der Waals surface area (Å²) >= 11 is 0. The first-order valence-electron chi connectivity index (χ1n) is 9.18. The van der Waals surface area contributed by atoms with Gasteiger partial charge in [0.25, 0.3) is 0 Å². The van der Waals surface area contributed by atoms with E-state index in [-0.39, 0.29) is 9.79 Å². The van der Waals surface area contributed by atoms with Crippen LogP contribution in [0.25, 0.3) is 0 Å². The first-order chi connectivity index (χ1) is 14.4. The van der Waals surface area contributed by atoms with Crippen LogP contribution < -0.4 is 0 Å². The summed E-state index contributed by atoms with van der Waals surface area (Å²) in [6.45, 7) is 0. The molecule has 7 rings (SSSR count). The van der Waals surface area contributed by atoms with E-state index < -0.39 is 57.5 Å². The van der Waals surface area contributed by atoms with Crippen molar-refractivity contribution in [1.29, 1.82) is 0 Å². The molecule has 0 saturated carbocycles. The summed E-state index contributed by atoms with van der Waals surface area (Å²) in [5.41, 5.74) is 0. The Kier molecular flexibility index (Phi) is 3.96. The first kappa shape index (κ1) is 18.8. The highest BCUT2D eigenvalue weighted by Gasteiger charge is 2.70. The normalized spacial score (nSPS) is 35.7. The molecule has 0 radical (unpaired) electrons. The van der Waals surface area contributed by atoms with Crippen LogP contribution >= 0.6 is 0 Å². The molecule has 0 spiro atoms. The van der Waals surface area contributed by atoms with Gasteiger partial charge in [0.1, 0.15) is 0 Å². The summed E-state index contributed by atoms with van der Waals surface area (Å²) in [5.74, 6) is 0. The molecule has 5 heterocycles. The van der Waals surface area contributed by atoms with Crippen molar-refractivity contribution in [2.24, 2.45) is 0 Å². The first-order valence-corrected chi connectivity index (χ1v) is 12.1. The molecule has 12 heteroatoms. The van der Waals surface area contributed by atoms with Crippen LogP contribution in [0.5, 0.6) is 0 Å². The highest BCUT2D eigenvalue weighted by Crippen LogP contribution is 2.49. The molecule has 0 aliphatic carbocycles. The van der Waals surface area contributed by atoms with E-state index in [2.05, 4.69) is 0 Å². The van der Waals surface area contributed by atoms with Crippen molar-refractivity contribution < 1.29 is 35.8 Å². The number of benzene rings is 2. The standard InChI is InChI=1S/C18H16N2O8S2/c21-29(22,11-7-3-1-4-8-11)19-13-15-20(30(23,24)12-9-5-2-6-10-12)16-14(19)26-18(28-16)17(25-13)27-15/h1-10,13-18H. The van der Waals surface area contributed by atoms with Crippen molar-refractivity contribution in [3.63, 3.8) is 0 Å². The van der Waals surface area contributed by atoms with Crippen molar-refractivity contribution in [2.45, 2.75) is 47.3 Å². The highest BCUT2D eigenvalue weighted by atomic mass is 32.2. The van der Waals surface area contributed by atoms with E-state index in [1.807, 2.05) is 0 Å². The van der Waals surface area contributed by atoms with E-state index in [0.29, 0.717) is 0 Å². The van der Waals surface area contributed by atoms with Crippen LogP contribution in [0.4, 0.5) is 0 Å². The van der Waals surface area contributed by atoms with Crippen LogP contribution in [0.15, 0.2) is 70.5 Å². The van der Waals surface area contributed by atoms with Gasteiger partial charge in [-0.1, -0.05) is 36.4 Å². The number of hydrogen-bond donors (Lipinski definition) is 0. The number of ether oxygens (including phenoxy) is 4. The second-order valence-corrected chi connectivity index (χ2v) is 10.8. The van der Waals surface area contributed by atoms with Gasteiger partial charge in [-0.15, -0.1) is 8.61 Å². The van der Waals surface area contributed by atoms with Crippen molar-refractivity contribution in [3.05, 3.63) is 60.7 Å². The lowest BCUT2D eigenvalue weighted by Gasteiger charge is -2.45. The van der Waals surface area contributed by atoms with E-state index in [1.54, 1.807) is 36.4 Å². The predicted octanol–water partition coefficient (Wildman–Crippen LogP) is 0.446. The summed E-state index contributed by atoms with van der Waals surface area (Å²) < 4.78 is 78.6. The van der Waals surface area contributed by atoms with Crippen molar-refractivity contribution in [1.82, 2.24) is 8.61 Å². The molecule has 2 aromatic rings. The van der Waals surface area contributed by atoms with Crippen molar-refractivity contribution in [2.75, 3.05) is 0 Å². The Morgan fingerprint density at radius 1 is 0.533 bits per heavy atom. The molecule has 4 unspecified atom stereocenters. The quantitative estimate of drug-likeness (QED) is 0.657. The minimum atomic E-state index is -4.09. The number of nitrogens with zero attached hydrogens (tertiary/aromatic N) is 2. The Hall–Kier alpha value is -1.90. The average molecular weight is 452 g/mol. The minimum absolute atomic E-state index is 0.0304. The van der Waals surface area contributed by atoms with Gasteiger partial charge in [0.05, 0.1) is 9.79 Å². The van der Waals surface area contributed by atoms with Crippen molar-refractivity contribution >= 4 is 20.0 Å². The molecule has 0 aromatic heterocycles. The Morgan fingerprint density at radius 3 is 1.13 bits per heavy atom. The third kappa shape index (κ3) is 2.44. The fourth-order valence-electron chi connectivity index (χ4n) is 4.15. The zero-order valence-electron chi connectivity index (χ0n) is 15.2. The molecule has 5 saturated heterocycles. The smallest absolute Gasteiger partial charge is 0.247 e. The molecule has 0 N–H and O–H groups in total. The van der Waals surface area contributed by atoms with Crippen LogP contribution in [-0.4, -0.2) is 62.9 Å². The molecule has 10 nitrogen and oxygen atoms in total. The summed E-state index contributed by atoms with van der Waals surface area (Å²) in [7, 11) is -8.18. The fourth-order valence-corrected chi connectivity index (χ4v) is 7.35. The SMILES string of the molecule is O=S(=O)(c1ccccc1)N1C2OC3OC2N(S(=O)(=O)c2ccccc2)C2OC3OC21. The Bertz CT molecular complexity index is 1070. The largest absolute Gasteiger partial charge is 0.324 e. The third-order valence-corrected chi connectivity index (χ3v) is 9.12. The molecule has 5 aliphatic rings. The lowest BCUT2D eigenvalue weighted by molar-refractivity contribution is -0.202. The summed E-state index contributed by atoms with van der Waals surface area (Å²) in [5, 5.41) is 0. The van der Waals surface area contributed by atoms with Crippen LogP contribution in [0, 0.1) is 0 Å². The number of piperazine rings is 1. The van der Waals surface area contributed by atoms with Crippen LogP contribution in [-0.2, 0) is 39.0 Å². The van der Waals surface area contributed by atoms with Gasteiger partial charge in [0.15, 0.2) is 24.9 Å². The van der Waals surface area contributed by atoms with E-state index in [0.717, 1.165) is 8.61 Å². The van der Waals surface area contributed by atoms with Crippen LogP contribution in [0.2, 0.25) is 0 Å². The van der Waals surface area contributed by atoms with Crippen LogP contribution in [0.1, 0.15) is 0 Å². The summed E-state index contributed by atoms with van der Waals surface area (Å²) in [6.07, 6.45) is -6.94.